The van der Waals surface area contributed by atoms with Crippen LogP contribution in [-0.4, -0.2) is 52.7 Å². The first-order valence-corrected chi connectivity index (χ1v) is 11.3. The van der Waals surface area contributed by atoms with Crippen LogP contribution in [0.1, 0.15) is 50.4 Å². The third kappa shape index (κ3) is 7.33. The van der Waals surface area contributed by atoms with Gasteiger partial charge in [0.15, 0.2) is 0 Å². The summed E-state index contributed by atoms with van der Waals surface area (Å²) in [5, 5.41) is 15.2. The number of aliphatic hydroxyl groups is 1. The first kappa shape index (κ1) is 27.4. The Bertz CT molecular complexity index is 1100. The number of carbonyl (C=O) groups is 3. The van der Waals surface area contributed by atoms with Crippen LogP contribution in [0, 0.1) is 19.3 Å². The van der Waals surface area contributed by atoms with E-state index in [0.29, 0.717) is 16.8 Å². The van der Waals surface area contributed by atoms with Gasteiger partial charge < -0.3 is 25.4 Å². The third-order valence-electron chi connectivity index (χ3n) is 5.17. The second-order valence-electron chi connectivity index (χ2n) is 8.94. The Balaban J connectivity index is 2.46. The number of anilines is 1. The average molecular weight is 480 g/mol. The highest BCUT2D eigenvalue weighted by molar-refractivity contribution is 5.99. The Kier molecular flexibility index (Phi) is 9.43. The predicted molar refractivity (Wildman–Crippen MR) is 135 cm³/mol. The monoisotopic (exact) mass is 479 g/mol. The number of alkyl carbamates (subject to hydrolysis) is 1. The minimum atomic E-state index is -1.32. The smallest absolute Gasteiger partial charge is 0.408 e. The number of terminal acetylenes is 1. The van der Waals surface area contributed by atoms with Crippen molar-refractivity contribution in [1.29, 1.82) is 0 Å². The fourth-order valence-electron chi connectivity index (χ4n) is 3.53. The molecule has 0 radical (unpaired) electrons. The Labute approximate surface area is 206 Å². The Morgan fingerprint density at radius 1 is 1.11 bits per heavy atom. The summed E-state index contributed by atoms with van der Waals surface area (Å²) in [7, 11) is 0. The number of amides is 3. The summed E-state index contributed by atoms with van der Waals surface area (Å²) in [6, 6.07) is 11.7. The minimum absolute atomic E-state index is 0.107. The first-order chi connectivity index (χ1) is 16.5. The molecule has 35 heavy (non-hydrogen) atoms. The summed E-state index contributed by atoms with van der Waals surface area (Å²) in [6.45, 7) is 8.03. The number of nitrogens with zero attached hydrogens (tertiary/aromatic N) is 1. The molecule has 2 atom stereocenters. The SMILES string of the molecule is C#Cc1ccccc1C(C(=O)Nc1ccccc1C)N(CC)C(=O)C(CO)NC(=O)OC(C)(C)C. The van der Waals surface area contributed by atoms with Crippen LogP contribution in [0.4, 0.5) is 10.5 Å². The van der Waals surface area contributed by atoms with Crippen molar-refractivity contribution in [3.05, 3.63) is 65.2 Å². The third-order valence-corrected chi connectivity index (χ3v) is 5.17. The van der Waals surface area contributed by atoms with Crippen LogP contribution < -0.4 is 10.6 Å². The van der Waals surface area contributed by atoms with Gasteiger partial charge in [0.2, 0.25) is 5.91 Å². The lowest BCUT2D eigenvalue weighted by Gasteiger charge is -2.33. The van der Waals surface area contributed by atoms with E-state index in [0.717, 1.165) is 5.56 Å². The highest BCUT2D eigenvalue weighted by atomic mass is 16.6. The van der Waals surface area contributed by atoms with Gasteiger partial charge in [0, 0.05) is 17.8 Å². The van der Waals surface area contributed by atoms with Crippen LogP contribution in [0.5, 0.6) is 0 Å². The molecule has 2 aromatic rings. The molecule has 0 spiro atoms. The quantitative estimate of drug-likeness (QED) is 0.503. The maximum atomic E-state index is 13.6. The van der Waals surface area contributed by atoms with E-state index < -0.39 is 42.2 Å². The minimum Gasteiger partial charge on any atom is -0.444 e. The molecule has 8 nitrogen and oxygen atoms in total. The van der Waals surface area contributed by atoms with E-state index >= 15 is 0 Å². The fraction of sp³-hybridized carbons (Fsp3) is 0.370. The van der Waals surface area contributed by atoms with Crippen molar-refractivity contribution < 1.29 is 24.2 Å². The molecule has 0 saturated heterocycles. The molecule has 0 heterocycles. The zero-order valence-electron chi connectivity index (χ0n) is 20.8. The molecule has 3 amide bonds. The van der Waals surface area contributed by atoms with Crippen molar-refractivity contribution in [3.8, 4) is 12.3 Å². The second kappa shape index (κ2) is 12.0. The van der Waals surface area contributed by atoms with Crippen LogP contribution >= 0.6 is 0 Å². The summed E-state index contributed by atoms with van der Waals surface area (Å²) in [4.78, 5) is 40.7. The number of rotatable bonds is 8. The van der Waals surface area contributed by atoms with Crippen LogP contribution in [0.15, 0.2) is 48.5 Å². The standard InChI is InChI=1S/C27H33N3O5/c1-7-19-14-10-11-15-20(19)23(24(32)28-21-16-12-9-13-18(21)3)30(8-2)25(33)22(17-31)29-26(34)35-27(4,5)6/h1,9-16,22-23,31H,8,17H2,2-6H3,(H,28,32)(H,29,34). The van der Waals surface area contributed by atoms with Crippen molar-refractivity contribution in [2.45, 2.75) is 52.3 Å². The summed E-state index contributed by atoms with van der Waals surface area (Å²) >= 11 is 0. The van der Waals surface area contributed by atoms with Crippen LogP contribution in [0.25, 0.3) is 0 Å². The number of nitrogens with one attached hydrogen (secondary N) is 2. The van der Waals surface area contributed by atoms with Crippen molar-refractivity contribution in [1.82, 2.24) is 10.2 Å². The predicted octanol–water partition coefficient (Wildman–Crippen LogP) is 3.39. The Hall–Kier alpha value is -3.83. The maximum Gasteiger partial charge on any atom is 0.408 e. The Morgan fingerprint density at radius 2 is 1.74 bits per heavy atom. The number of ether oxygens (including phenoxy) is 1. The van der Waals surface area contributed by atoms with E-state index in [1.54, 1.807) is 64.1 Å². The van der Waals surface area contributed by atoms with Gasteiger partial charge >= 0.3 is 6.09 Å². The zero-order chi connectivity index (χ0) is 26.2. The highest BCUT2D eigenvalue weighted by Crippen LogP contribution is 2.27. The molecule has 0 aliphatic carbocycles. The summed E-state index contributed by atoms with van der Waals surface area (Å²) < 4.78 is 5.22. The van der Waals surface area contributed by atoms with E-state index in [1.807, 2.05) is 19.1 Å². The molecule has 0 fully saturated rings. The normalized spacial score (nSPS) is 12.6. The van der Waals surface area contributed by atoms with Gasteiger partial charge in [-0.1, -0.05) is 42.3 Å². The largest absolute Gasteiger partial charge is 0.444 e. The molecule has 0 aliphatic heterocycles. The molecule has 2 rings (SSSR count). The van der Waals surface area contributed by atoms with E-state index in [1.165, 1.54) is 4.90 Å². The molecule has 2 aromatic carbocycles. The average Bonchev–Trinajstić information content (AvgIpc) is 2.80. The number of aliphatic hydroxyl groups excluding tert-OH is 1. The zero-order valence-corrected chi connectivity index (χ0v) is 20.8. The molecule has 0 aliphatic rings. The van der Waals surface area contributed by atoms with Crippen LogP contribution in [0.3, 0.4) is 0 Å². The van der Waals surface area contributed by atoms with E-state index in [-0.39, 0.29) is 6.54 Å². The molecule has 0 bridgehead atoms. The Morgan fingerprint density at radius 3 is 2.31 bits per heavy atom. The lowest BCUT2D eigenvalue weighted by molar-refractivity contribution is -0.141. The van der Waals surface area contributed by atoms with Crippen molar-refractivity contribution in [2.75, 3.05) is 18.5 Å². The molecule has 186 valence electrons. The number of carbonyl (C=O) groups excluding carboxylic acids is 3. The summed E-state index contributed by atoms with van der Waals surface area (Å²) in [5.74, 6) is 1.43. The second-order valence-corrected chi connectivity index (χ2v) is 8.94. The number of hydrogen-bond acceptors (Lipinski definition) is 5. The van der Waals surface area contributed by atoms with E-state index in [2.05, 4.69) is 16.6 Å². The number of hydrogen-bond donors (Lipinski definition) is 3. The van der Waals surface area contributed by atoms with Crippen LogP contribution in [-0.2, 0) is 14.3 Å². The van der Waals surface area contributed by atoms with Crippen molar-refractivity contribution in [3.63, 3.8) is 0 Å². The summed E-state index contributed by atoms with van der Waals surface area (Å²) in [5.41, 5.74) is 1.54. The molecular formula is C27H33N3O5. The van der Waals surface area contributed by atoms with Crippen LogP contribution in [0.2, 0.25) is 0 Å². The van der Waals surface area contributed by atoms with Gasteiger partial charge in [0.25, 0.3) is 5.91 Å². The van der Waals surface area contributed by atoms with Gasteiger partial charge in [-0.3, -0.25) is 9.59 Å². The van der Waals surface area contributed by atoms with E-state index in [9.17, 15) is 19.5 Å². The van der Waals surface area contributed by atoms with Gasteiger partial charge in [0.1, 0.15) is 17.7 Å². The molecule has 2 unspecified atom stereocenters. The number of likely N-dealkylation sites (N-methyl/N-ethyl adjacent to an activating group) is 1. The van der Waals surface area contributed by atoms with Gasteiger partial charge in [-0.15, -0.1) is 6.42 Å². The molecule has 0 saturated carbocycles. The van der Waals surface area contributed by atoms with Gasteiger partial charge in [0.05, 0.1) is 6.61 Å². The fourth-order valence-corrected chi connectivity index (χ4v) is 3.53. The number of benzene rings is 2. The number of para-hydroxylation sites is 1. The van der Waals surface area contributed by atoms with Crippen molar-refractivity contribution >= 4 is 23.6 Å². The van der Waals surface area contributed by atoms with Gasteiger partial charge in [-0.05, 0) is 57.9 Å². The molecular weight excluding hydrogens is 446 g/mol. The lowest BCUT2D eigenvalue weighted by atomic mass is 9.97. The molecule has 8 heteroatoms. The maximum absolute atomic E-state index is 13.6. The molecule has 3 N–H and O–H groups in total. The lowest BCUT2D eigenvalue weighted by Crippen LogP contribution is -2.53. The van der Waals surface area contributed by atoms with Gasteiger partial charge in [-0.25, -0.2) is 4.79 Å². The van der Waals surface area contributed by atoms with Crippen molar-refractivity contribution in [2.24, 2.45) is 0 Å². The molecule has 0 aromatic heterocycles. The first-order valence-electron chi connectivity index (χ1n) is 11.3. The van der Waals surface area contributed by atoms with E-state index in [4.69, 9.17) is 11.2 Å². The highest BCUT2D eigenvalue weighted by Gasteiger charge is 2.36. The topological polar surface area (TPSA) is 108 Å². The summed E-state index contributed by atoms with van der Waals surface area (Å²) in [6.07, 6.45) is 4.84. The number of aryl methyl sites for hydroxylation is 1. The van der Waals surface area contributed by atoms with Gasteiger partial charge in [-0.2, -0.15) is 0 Å².